The first kappa shape index (κ1) is 17.7. The zero-order chi connectivity index (χ0) is 17.7. The summed E-state index contributed by atoms with van der Waals surface area (Å²) in [6, 6.07) is 7.13. The van der Waals surface area contributed by atoms with Gasteiger partial charge in [-0.05, 0) is 30.7 Å². The lowest BCUT2D eigenvalue weighted by atomic mass is 10.1. The van der Waals surface area contributed by atoms with Gasteiger partial charge in [-0.1, -0.05) is 12.1 Å². The van der Waals surface area contributed by atoms with Crippen molar-refractivity contribution in [3.63, 3.8) is 0 Å². The van der Waals surface area contributed by atoms with Crippen molar-refractivity contribution < 1.29 is 32.2 Å². The predicted molar refractivity (Wildman–Crippen MR) is 79.6 cm³/mol. The standard InChI is InChI=1S/C17H15F3O4/c1-3-23-17(21)12-8-13(18)16(15(20)14(12)19)24-9-10-4-6-11(22-2)7-5-10/h4-8H,3,9H2,1-2H3. The minimum absolute atomic E-state index is 0.0444. The molecule has 0 N–H and O–H groups in total. The fraction of sp³-hybridized carbons (Fsp3) is 0.235. The fourth-order valence-electron chi connectivity index (χ4n) is 1.95. The average molecular weight is 340 g/mol. The zero-order valence-electron chi connectivity index (χ0n) is 13.1. The number of hydrogen-bond donors (Lipinski definition) is 0. The van der Waals surface area contributed by atoms with E-state index >= 15 is 0 Å². The third-order valence-electron chi connectivity index (χ3n) is 3.15. The van der Waals surface area contributed by atoms with Gasteiger partial charge in [0.1, 0.15) is 17.9 Å². The molecule has 4 nitrogen and oxygen atoms in total. The van der Waals surface area contributed by atoms with Crippen molar-refractivity contribution in [3.8, 4) is 11.5 Å². The Morgan fingerprint density at radius 3 is 2.33 bits per heavy atom. The summed E-state index contributed by atoms with van der Waals surface area (Å²) in [6.07, 6.45) is 0. The number of hydrogen-bond acceptors (Lipinski definition) is 4. The lowest BCUT2D eigenvalue weighted by Crippen LogP contribution is -2.11. The summed E-state index contributed by atoms with van der Waals surface area (Å²) in [7, 11) is 1.50. The Balaban J connectivity index is 2.21. The summed E-state index contributed by atoms with van der Waals surface area (Å²) in [5.74, 6) is -5.71. The molecule has 0 spiro atoms. The molecule has 0 heterocycles. The van der Waals surface area contributed by atoms with Crippen LogP contribution >= 0.6 is 0 Å². The number of benzene rings is 2. The molecule has 0 amide bonds. The van der Waals surface area contributed by atoms with Crippen LogP contribution in [-0.2, 0) is 11.3 Å². The van der Waals surface area contributed by atoms with Crippen LogP contribution in [0.2, 0.25) is 0 Å². The molecule has 0 aliphatic carbocycles. The van der Waals surface area contributed by atoms with E-state index in [2.05, 4.69) is 4.74 Å². The fourth-order valence-corrected chi connectivity index (χ4v) is 1.95. The molecule has 2 aromatic carbocycles. The first-order chi connectivity index (χ1) is 11.5. The third-order valence-corrected chi connectivity index (χ3v) is 3.15. The highest BCUT2D eigenvalue weighted by molar-refractivity contribution is 5.90. The van der Waals surface area contributed by atoms with Gasteiger partial charge < -0.3 is 14.2 Å². The van der Waals surface area contributed by atoms with Crippen molar-refractivity contribution in [2.45, 2.75) is 13.5 Å². The van der Waals surface area contributed by atoms with Crippen LogP contribution in [0.3, 0.4) is 0 Å². The number of halogens is 3. The molecule has 0 fully saturated rings. The van der Waals surface area contributed by atoms with E-state index in [1.807, 2.05) is 0 Å². The van der Waals surface area contributed by atoms with Crippen molar-refractivity contribution in [2.24, 2.45) is 0 Å². The third kappa shape index (κ3) is 3.79. The molecule has 24 heavy (non-hydrogen) atoms. The van der Waals surface area contributed by atoms with Gasteiger partial charge in [0.2, 0.25) is 5.82 Å². The van der Waals surface area contributed by atoms with Gasteiger partial charge in [-0.15, -0.1) is 0 Å². The number of carbonyl (C=O) groups is 1. The second-order valence-corrected chi connectivity index (χ2v) is 4.72. The first-order valence-electron chi connectivity index (χ1n) is 7.08. The van der Waals surface area contributed by atoms with Crippen molar-refractivity contribution in [1.29, 1.82) is 0 Å². The van der Waals surface area contributed by atoms with Gasteiger partial charge in [-0.2, -0.15) is 4.39 Å². The normalized spacial score (nSPS) is 10.4. The largest absolute Gasteiger partial charge is 0.497 e. The summed E-state index contributed by atoms with van der Waals surface area (Å²) in [6.45, 7) is 1.27. The van der Waals surface area contributed by atoms with E-state index in [1.165, 1.54) is 14.0 Å². The van der Waals surface area contributed by atoms with Crippen LogP contribution in [0.25, 0.3) is 0 Å². The lowest BCUT2D eigenvalue weighted by Gasteiger charge is -2.11. The topological polar surface area (TPSA) is 44.8 Å². The van der Waals surface area contributed by atoms with Gasteiger partial charge in [0.05, 0.1) is 13.7 Å². The van der Waals surface area contributed by atoms with Gasteiger partial charge in [-0.25, -0.2) is 13.6 Å². The molecule has 0 aromatic heterocycles. The highest BCUT2D eigenvalue weighted by Gasteiger charge is 2.24. The van der Waals surface area contributed by atoms with Crippen LogP contribution in [0.1, 0.15) is 22.8 Å². The molecule has 0 aliphatic heterocycles. The maximum atomic E-state index is 14.0. The monoisotopic (exact) mass is 340 g/mol. The molecule has 0 saturated carbocycles. The van der Waals surface area contributed by atoms with Crippen molar-refractivity contribution in [1.82, 2.24) is 0 Å². The van der Waals surface area contributed by atoms with E-state index in [0.717, 1.165) is 0 Å². The molecule has 7 heteroatoms. The summed E-state index contributed by atoms with van der Waals surface area (Å²) in [5, 5.41) is 0. The van der Waals surface area contributed by atoms with Gasteiger partial charge in [0, 0.05) is 0 Å². The smallest absolute Gasteiger partial charge is 0.341 e. The highest BCUT2D eigenvalue weighted by atomic mass is 19.2. The SMILES string of the molecule is CCOC(=O)c1cc(F)c(OCc2ccc(OC)cc2)c(F)c1F. The van der Waals surface area contributed by atoms with E-state index in [-0.39, 0.29) is 13.2 Å². The number of methoxy groups -OCH3 is 1. The number of ether oxygens (including phenoxy) is 3. The second kappa shape index (κ2) is 7.72. The number of rotatable bonds is 6. The van der Waals surface area contributed by atoms with Crippen LogP contribution in [0.4, 0.5) is 13.2 Å². The Hall–Kier alpha value is -2.70. The molecule has 0 atom stereocenters. The maximum Gasteiger partial charge on any atom is 0.341 e. The summed E-state index contributed by atoms with van der Waals surface area (Å²) < 4.78 is 56.4. The average Bonchev–Trinajstić information content (AvgIpc) is 2.58. The molecule has 0 aliphatic rings. The molecule has 128 valence electrons. The van der Waals surface area contributed by atoms with Crippen LogP contribution in [0, 0.1) is 17.5 Å². The molecular formula is C17H15F3O4. The van der Waals surface area contributed by atoms with Crippen LogP contribution in [0.5, 0.6) is 11.5 Å². The number of esters is 1. The van der Waals surface area contributed by atoms with Crippen LogP contribution in [0.15, 0.2) is 30.3 Å². The van der Waals surface area contributed by atoms with Gasteiger partial charge >= 0.3 is 5.97 Å². The van der Waals surface area contributed by atoms with Gasteiger partial charge in [0.25, 0.3) is 0 Å². The molecule has 0 saturated heterocycles. The van der Waals surface area contributed by atoms with E-state index in [9.17, 15) is 18.0 Å². The van der Waals surface area contributed by atoms with E-state index in [4.69, 9.17) is 9.47 Å². The maximum absolute atomic E-state index is 14.0. The van der Waals surface area contributed by atoms with E-state index in [1.54, 1.807) is 24.3 Å². The minimum atomic E-state index is -1.58. The Bertz CT molecular complexity index is 730. The Labute approximate surface area is 136 Å². The van der Waals surface area contributed by atoms with Crippen LogP contribution < -0.4 is 9.47 Å². The molecule has 0 bridgehead atoms. The van der Waals surface area contributed by atoms with E-state index in [0.29, 0.717) is 17.4 Å². The first-order valence-corrected chi connectivity index (χ1v) is 7.08. The van der Waals surface area contributed by atoms with Crippen molar-refractivity contribution in [2.75, 3.05) is 13.7 Å². The Morgan fingerprint density at radius 2 is 1.75 bits per heavy atom. The Morgan fingerprint density at radius 1 is 1.08 bits per heavy atom. The molecular weight excluding hydrogens is 325 g/mol. The quantitative estimate of drug-likeness (QED) is 0.592. The minimum Gasteiger partial charge on any atom is -0.497 e. The summed E-state index contributed by atoms with van der Waals surface area (Å²) in [4.78, 5) is 11.5. The second-order valence-electron chi connectivity index (χ2n) is 4.72. The van der Waals surface area contributed by atoms with Crippen LogP contribution in [-0.4, -0.2) is 19.7 Å². The van der Waals surface area contributed by atoms with E-state index < -0.39 is 34.7 Å². The molecule has 0 radical (unpaired) electrons. The zero-order valence-corrected chi connectivity index (χ0v) is 13.1. The molecule has 2 aromatic rings. The Kier molecular flexibility index (Phi) is 5.68. The van der Waals surface area contributed by atoms with Gasteiger partial charge in [-0.3, -0.25) is 0 Å². The number of carbonyl (C=O) groups excluding carboxylic acids is 1. The summed E-state index contributed by atoms with van der Waals surface area (Å²) in [5.41, 5.74) is -0.215. The highest BCUT2D eigenvalue weighted by Crippen LogP contribution is 2.28. The lowest BCUT2D eigenvalue weighted by molar-refractivity contribution is 0.0518. The predicted octanol–water partition coefficient (Wildman–Crippen LogP) is 3.87. The molecule has 0 unspecified atom stereocenters. The summed E-state index contributed by atoms with van der Waals surface area (Å²) >= 11 is 0. The van der Waals surface area contributed by atoms with Crippen molar-refractivity contribution >= 4 is 5.97 Å². The van der Waals surface area contributed by atoms with Gasteiger partial charge in [0.15, 0.2) is 17.4 Å². The molecule has 2 rings (SSSR count). The van der Waals surface area contributed by atoms with Crippen molar-refractivity contribution in [3.05, 3.63) is 58.9 Å².